The first-order valence-corrected chi connectivity index (χ1v) is 8.60. The number of ether oxygens (including phenoxy) is 1. The molecule has 5 heteroatoms. The Balaban J connectivity index is 1.44. The Bertz CT molecular complexity index is 693. The molecule has 3 rings (SSSR count). The van der Waals surface area contributed by atoms with E-state index in [1.807, 2.05) is 42.5 Å². The Kier molecular flexibility index (Phi) is 6.17. The second-order valence-electron chi connectivity index (χ2n) is 5.97. The Labute approximate surface area is 148 Å². The van der Waals surface area contributed by atoms with Crippen molar-refractivity contribution in [3.05, 3.63) is 65.7 Å². The van der Waals surface area contributed by atoms with Crippen molar-refractivity contribution in [2.45, 2.75) is 12.8 Å². The van der Waals surface area contributed by atoms with Crippen molar-refractivity contribution in [3.63, 3.8) is 0 Å². The topological polar surface area (TPSA) is 53.9 Å². The molecule has 1 aliphatic rings. The van der Waals surface area contributed by atoms with Crippen molar-refractivity contribution in [3.8, 4) is 0 Å². The predicted molar refractivity (Wildman–Crippen MR) is 100.0 cm³/mol. The quantitative estimate of drug-likeness (QED) is 0.651. The van der Waals surface area contributed by atoms with Crippen molar-refractivity contribution in [1.82, 2.24) is 5.43 Å². The lowest BCUT2D eigenvalue weighted by molar-refractivity contribution is -0.121. The number of nitrogens with zero attached hydrogens (tertiary/aromatic N) is 2. The third-order valence-corrected chi connectivity index (χ3v) is 4.16. The average molecular weight is 337 g/mol. The summed E-state index contributed by atoms with van der Waals surface area (Å²) in [6, 6.07) is 18.1. The van der Waals surface area contributed by atoms with Crippen LogP contribution in [0.2, 0.25) is 0 Å². The molecule has 0 unspecified atom stereocenters. The maximum absolute atomic E-state index is 11.8. The van der Waals surface area contributed by atoms with Crippen molar-refractivity contribution in [2.75, 3.05) is 31.2 Å². The van der Waals surface area contributed by atoms with Crippen molar-refractivity contribution in [2.24, 2.45) is 5.10 Å². The first-order valence-electron chi connectivity index (χ1n) is 8.60. The van der Waals surface area contributed by atoms with Crippen LogP contribution in [0.25, 0.3) is 0 Å². The van der Waals surface area contributed by atoms with Crippen LogP contribution in [-0.4, -0.2) is 38.4 Å². The van der Waals surface area contributed by atoms with Crippen LogP contribution in [0.3, 0.4) is 0 Å². The molecule has 1 amide bonds. The summed E-state index contributed by atoms with van der Waals surface area (Å²) in [5, 5.41) is 4.04. The van der Waals surface area contributed by atoms with Crippen LogP contribution in [0.1, 0.15) is 17.5 Å². The predicted octanol–water partition coefficient (Wildman–Crippen LogP) is 2.61. The number of carbonyl (C=O) groups excluding carboxylic acids is 1. The largest absolute Gasteiger partial charge is 0.378 e. The van der Waals surface area contributed by atoms with E-state index in [4.69, 9.17) is 4.74 Å². The Hall–Kier alpha value is -2.66. The van der Waals surface area contributed by atoms with Crippen LogP contribution in [0.5, 0.6) is 0 Å². The highest BCUT2D eigenvalue weighted by molar-refractivity contribution is 5.83. The van der Waals surface area contributed by atoms with Gasteiger partial charge in [-0.25, -0.2) is 5.43 Å². The average Bonchev–Trinajstić information content (AvgIpc) is 2.68. The molecule has 0 spiro atoms. The number of aryl methyl sites for hydroxylation is 1. The number of anilines is 1. The SMILES string of the molecule is O=C(CCc1ccccc1)N/N=C/c1ccc(N2CCOCC2)cc1. The van der Waals surface area contributed by atoms with Gasteiger partial charge in [-0.2, -0.15) is 5.10 Å². The van der Waals surface area contributed by atoms with Gasteiger partial charge in [0.15, 0.2) is 0 Å². The molecule has 0 radical (unpaired) electrons. The summed E-state index contributed by atoms with van der Waals surface area (Å²) < 4.78 is 5.37. The molecule has 1 N–H and O–H groups in total. The highest BCUT2D eigenvalue weighted by atomic mass is 16.5. The zero-order valence-corrected chi connectivity index (χ0v) is 14.2. The lowest BCUT2D eigenvalue weighted by Crippen LogP contribution is -2.36. The normalized spacial score (nSPS) is 14.6. The highest BCUT2D eigenvalue weighted by Crippen LogP contribution is 2.15. The summed E-state index contributed by atoms with van der Waals surface area (Å²) in [6.07, 6.45) is 2.82. The molecule has 2 aromatic rings. The van der Waals surface area contributed by atoms with Gasteiger partial charge in [0.1, 0.15) is 0 Å². The monoisotopic (exact) mass is 337 g/mol. The fourth-order valence-electron chi connectivity index (χ4n) is 2.73. The smallest absolute Gasteiger partial charge is 0.240 e. The van der Waals surface area contributed by atoms with Gasteiger partial charge in [0.25, 0.3) is 0 Å². The Morgan fingerprint density at radius 3 is 2.52 bits per heavy atom. The molecule has 0 atom stereocenters. The van der Waals surface area contributed by atoms with Gasteiger partial charge < -0.3 is 9.64 Å². The second kappa shape index (κ2) is 8.99. The van der Waals surface area contributed by atoms with Crippen LogP contribution < -0.4 is 10.3 Å². The van der Waals surface area contributed by atoms with E-state index in [1.165, 1.54) is 5.69 Å². The van der Waals surface area contributed by atoms with E-state index in [2.05, 4.69) is 27.6 Å². The maximum atomic E-state index is 11.8. The summed E-state index contributed by atoms with van der Waals surface area (Å²) >= 11 is 0. The first kappa shape index (κ1) is 17.2. The molecule has 2 aromatic carbocycles. The number of nitrogens with one attached hydrogen (secondary N) is 1. The molecule has 0 bridgehead atoms. The summed E-state index contributed by atoms with van der Waals surface area (Å²) in [5.41, 5.74) is 5.88. The van der Waals surface area contributed by atoms with Gasteiger partial charge in [0.2, 0.25) is 5.91 Å². The van der Waals surface area contributed by atoms with E-state index in [-0.39, 0.29) is 5.91 Å². The van der Waals surface area contributed by atoms with Crippen LogP contribution in [0, 0.1) is 0 Å². The molecule has 0 aliphatic carbocycles. The van der Waals surface area contributed by atoms with Crippen LogP contribution in [-0.2, 0) is 16.0 Å². The Morgan fingerprint density at radius 1 is 1.08 bits per heavy atom. The first-order chi connectivity index (χ1) is 12.3. The third-order valence-electron chi connectivity index (χ3n) is 4.16. The minimum absolute atomic E-state index is 0.0787. The number of hydrogen-bond donors (Lipinski definition) is 1. The van der Waals surface area contributed by atoms with E-state index in [9.17, 15) is 4.79 Å². The van der Waals surface area contributed by atoms with E-state index in [0.717, 1.165) is 43.9 Å². The number of hydrazone groups is 1. The zero-order valence-electron chi connectivity index (χ0n) is 14.2. The molecule has 1 fully saturated rings. The summed E-state index contributed by atoms with van der Waals surface area (Å²) in [6.45, 7) is 3.40. The van der Waals surface area contributed by atoms with E-state index in [0.29, 0.717) is 6.42 Å². The minimum Gasteiger partial charge on any atom is -0.378 e. The number of benzene rings is 2. The van der Waals surface area contributed by atoms with Crippen LogP contribution >= 0.6 is 0 Å². The maximum Gasteiger partial charge on any atom is 0.240 e. The van der Waals surface area contributed by atoms with E-state index >= 15 is 0 Å². The minimum atomic E-state index is -0.0787. The molecular formula is C20H23N3O2. The fraction of sp³-hybridized carbons (Fsp3) is 0.300. The number of rotatable bonds is 6. The van der Waals surface area contributed by atoms with Gasteiger partial charge in [0.05, 0.1) is 19.4 Å². The van der Waals surface area contributed by atoms with Crippen molar-refractivity contribution < 1.29 is 9.53 Å². The molecule has 1 aliphatic heterocycles. The van der Waals surface area contributed by atoms with E-state index in [1.54, 1.807) is 6.21 Å². The number of carbonyl (C=O) groups is 1. The summed E-state index contributed by atoms with van der Waals surface area (Å²) in [7, 11) is 0. The van der Waals surface area contributed by atoms with Crippen LogP contribution in [0.15, 0.2) is 59.7 Å². The molecular weight excluding hydrogens is 314 g/mol. The number of hydrogen-bond acceptors (Lipinski definition) is 4. The second-order valence-corrected chi connectivity index (χ2v) is 5.97. The molecule has 25 heavy (non-hydrogen) atoms. The highest BCUT2D eigenvalue weighted by Gasteiger charge is 2.10. The van der Waals surface area contributed by atoms with Gasteiger partial charge >= 0.3 is 0 Å². The summed E-state index contributed by atoms with van der Waals surface area (Å²) in [5.74, 6) is -0.0787. The molecule has 5 nitrogen and oxygen atoms in total. The number of amides is 1. The van der Waals surface area contributed by atoms with Crippen molar-refractivity contribution in [1.29, 1.82) is 0 Å². The van der Waals surface area contributed by atoms with Crippen molar-refractivity contribution >= 4 is 17.8 Å². The molecule has 0 aromatic heterocycles. The zero-order chi connectivity index (χ0) is 17.3. The lowest BCUT2D eigenvalue weighted by atomic mass is 10.1. The molecule has 130 valence electrons. The third kappa shape index (κ3) is 5.43. The molecule has 0 saturated carbocycles. The number of morpholine rings is 1. The van der Waals surface area contributed by atoms with Gasteiger partial charge in [-0.05, 0) is 29.7 Å². The Morgan fingerprint density at radius 2 is 1.80 bits per heavy atom. The van der Waals surface area contributed by atoms with Gasteiger partial charge in [-0.15, -0.1) is 0 Å². The van der Waals surface area contributed by atoms with Gasteiger partial charge in [-0.3, -0.25) is 4.79 Å². The van der Waals surface area contributed by atoms with Gasteiger partial charge in [0, 0.05) is 25.2 Å². The summed E-state index contributed by atoms with van der Waals surface area (Å²) in [4.78, 5) is 14.1. The molecule has 1 heterocycles. The fourth-order valence-corrected chi connectivity index (χ4v) is 2.73. The van der Waals surface area contributed by atoms with Crippen LogP contribution in [0.4, 0.5) is 5.69 Å². The molecule has 1 saturated heterocycles. The van der Waals surface area contributed by atoms with E-state index < -0.39 is 0 Å². The standard InChI is InChI=1S/C20H23N3O2/c24-20(11-8-17-4-2-1-3-5-17)22-21-16-18-6-9-19(10-7-18)23-12-14-25-15-13-23/h1-7,9-10,16H,8,11-15H2,(H,22,24)/b21-16+. The lowest BCUT2D eigenvalue weighted by Gasteiger charge is -2.28. The van der Waals surface area contributed by atoms with Gasteiger partial charge in [-0.1, -0.05) is 42.5 Å².